The Balaban J connectivity index is 2.95. The van der Waals surface area contributed by atoms with E-state index in [0.29, 0.717) is 4.90 Å². The molecule has 0 bridgehead atoms. The molecule has 0 aromatic heterocycles. The van der Waals surface area contributed by atoms with Crippen molar-refractivity contribution in [3.05, 3.63) is 23.3 Å². The second-order valence-electron chi connectivity index (χ2n) is 4.46. The van der Waals surface area contributed by atoms with Crippen LogP contribution in [0.2, 0.25) is 0 Å². The van der Waals surface area contributed by atoms with Gasteiger partial charge in [0.05, 0.1) is 11.3 Å². The molecule has 9 nitrogen and oxygen atoms in total. The second kappa shape index (κ2) is 5.31. The Morgan fingerprint density at radius 1 is 1.23 bits per heavy atom. The summed E-state index contributed by atoms with van der Waals surface area (Å²) in [5.41, 5.74) is 3.46. The summed E-state index contributed by atoms with van der Waals surface area (Å²) >= 11 is 0. The van der Waals surface area contributed by atoms with Crippen LogP contribution in [0.15, 0.2) is 17.0 Å². The number of imide groups is 1. The van der Waals surface area contributed by atoms with E-state index >= 15 is 0 Å². The standard InChI is InChI=1S/C12H10N2O7S/c13-12(18)7-2-1-6(5-15)11(22(19,20)21)10(7)14-8(16)3-4-9(14)17/h1-2,5H,3-4H2,(H2,13,18)(H,19,20,21). The van der Waals surface area contributed by atoms with Crippen LogP contribution in [0.5, 0.6) is 0 Å². The molecular formula is C12H10N2O7S. The largest absolute Gasteiger partial charge is 0.366 e. The van der Waals surface area contributed by atoms with E-state index in [1.165, 1.54) is 0 Å². The number of aldehydes is 1. The van der Waals surface area contributed by atoms with Crippen LogP contribution >= 0.6 is 0 Å². The van der Waals surface area contributed by atoms with Crippen molar-refractivity contribution in [2.24, 2.45) is 5.73 Å². The predicted octanol–water partition coefficient (Wildman–Crippen LogP) is -0.502. The van der Waals surface area contributed by atoms with Crippen LogP contribution < -0.4 is 10.6 Å². The van der Waals surface area contributed by atoms with Gasteiger partial charge in [-0.05, 0) is 12.1 Å². The lowest BCUT2D eigenvalue weighted by Gasteiger charge is -2.20. The Labute approximate surface area is 124 Å². The molecule has 22 heavy (non-hydrogen) atoms. The first-order valence-electron chi connectivity index (χ1n) is 5.93. The summed E-state index contributed by atoms with van der Waals surface area (Å²) in [4.78, 5) is 45.6. The zero-order chi connectivity index (χ0) is 16.7. The number of nitrogens with zero attached hydrogens (tertiary/aromatic N) is 1. The first-order valence-corrected chi connectivity index (χ1v) is 7.37. The first kappa shape index (κ1) is 15.8. The van der Waals surface area contributed by atoms with E-state index in [9.17, 15) is 32.1 Å². The minimum Gasteiger partial charge on any atom is -0.366 e. The van der Waals surface area contributed by atoms with Crippen molar-refractivity contribution in [1.29, 1.82) is 0 Å². The molecule has 0 atom stereocenters. The van der Waals surface area contributed by atoms with Gasteiger partial charge >= 0.3 is 0 Å². The van der Waals surface area contributed by atoms with Crippen LogP contribution in [0.3, 0.4) is 0 Å². The third kappa shape index (κ3) is 2.49. The fraction of sp³-hybridized carbons (Fsp3) is 0.167. The minimum absolute atomic E-state index is 0.113. The van der Waals surface area contributed by atoms with Gasteiger partial charge in [0.1, 0.15) is 4.90 Å². The first-order chi connectivity index (χ1) is 10.2. The highest BCUT2D eigenvalue weighted by Gasteiger charge is 2.38. The molecule has 0 aliphatic carbocycles. The van der Waals surface area contributed by atoms with Crippen LogP contribution in [0.4, 0.5) is 5.69 Å². The summed E-state index contributed by atoms with van der Waals surface area (Å²) in [5, 5.41) is 0. The van der Waals surface area contributed by atoms with Crippen LogP contribution in [-0.4, -0.2) is 37.0 Å². The van der Waals surface area contributed by atoms with Gasteiger partial charge in [0.15, 0.2) is 6.29 Å². The van der Waals surface area contributed by atoms with Gasteiger partial charge in [-0.2, -0.15) is 8.42 Å². The number of nitrogens with two attached hydrogens (primary N) is 1. The van der Waals surface area contributed by atoms with E-state index in [4.69, 9.17) is 5.73 Å². The summed E-state index contributed by atoms with van der Waals surface area (Å²) in [5.74, 6) is -2.65. The summed E-state index contributed by atoms with van der Waals surface area (Å²) in [7, 11) is -5.00. The van der Waals surface area contributed by atoms with E-state index in [1.807, 2.05) is 0 Å². The van der Waals surface area contributed by atoms with Gasteiger partial charge in [-0.1, -0.05) is 0 Å². The molecule has 1 aliphatic rings. The van der Waals surface area contributed by atoms with Gasteiger partial charge in [0, 0.05) is 18.4 Å². The highest BCUT2D eigenvalue weighted by atomic mass is 32.2. The molecule has 0 unspecified atom stereocenters. The van der Waals surface area contributed by atoms with E-state index in [2.05, 4.69) is 0 Å². The fourth-order valence-electron chi connectivity index (χ4n) is 2.20. The average Bonchev–Trinajstić information content (AvgIpc) is 2.75. The molecule has 1 aromatic rings. The highest BCUT2D eigenvalue weighted by Crippen LogP contribution is 2.35. The average molecular weight is 326 g/mol. The normalized spacial score (nSPS) is 15.2. The lowest BCUT2D eigenvalue weighted by Crippen LogP contribution is -2.33. The van der Waals surface area contributed by atoms with E-state index in [1.54, 1.807) is 0 Å². The van der Waals surface area contributed by atoms with Gasteiger partial charge in [-0.3, -0.25) is 23.7 Å². The third-order valence-corrected chi connectivity index (χ3v) is 4.03. The van der Waals surface area contributed by atoms with Gasteiger partial charge in [-0.15, -0.1) is 0 Å². The molecule has 1 aromatic carbocycles. The molecule has 116 valence electrons. The minimum atomic E-state index is -5.00. The monoisotopic (exact) mass is 326 g/mol. The molecule has 1 aliphatic heterocycles. The lowest BCUT2D eigenvalue weighted by atomic mass is 10.1. The van der Waals surface area contributed by atoms with Gasteiger partial charge < -0.3 is 5.73 Å². The smallest absolute Gasteiger partial charge is 0.297 e. The van der Waals surface area contributed by atoms with Crippen LogP contribution in [0, 0.1) is 0 Å². The maximum Gasteiger partial charge on any atom is 0.297 e. The van der Waals surface area contributed by atoms with Gasteiger partial charge in [0.25, 0.3) is 16.0 Å². The number of hydrogen-bond acceptors (Lipinski definition) is 6. The van der Waals surface area contributed by atoms with E-state index in [-0.39, 0.29) is 19.1 Å². The molecule has 0 radical (unpaired) electrons. The molecule has 10 heteroatoms. The molecule has 2 rings (SSSR count). The van der Waals surface area contributed by atoms with Gasteiger partial charge in [-0.25, -0.2) is 4.90 Å². The molecule has 1 heterocycles. The number of benzene rings is 1. The van der Waals surface area contributed by atoms with Crippen molar-refractivity contribution in [2.75, 3.05) is 4.90 Å². The number of rotatable bonds is 4. The maximum atomic E-state index is 11.8. The van der Waals surface area contributed by atoms with Crippen molar-refractivity contribution in [1.82, 2.24) is 0 Å². The summed E-state index contributed by atoms with van der Waals surface area (Å²) in [6.07, 6.45) is -0.261. The van der Waals surface area contributed by atoms with Crippen molar-refractivity contribution >= 4 is 39.8 Å². The SMILES string of the molecule is NC(=O)c1ccc(C=O)c(S(=O)(=O)O)c1N1C(=O)CCC1=O. The van der Waals surface area contributed by atoms with Gasteiger partial charge in [0.2, 0.25) is 11.8 Å². The third-order valence-electron chi connectivity index (χ3n) is 3.09. The van der Waals surface area contributed by atoms with E-state index in [0.717, 1.165) is 12.1 Å². The Morgan fingerprint density at radius 3 is 2.18 bits per heavy atom. The molecule has 3 amide bonds. The highest BCUT2D eigenvalue weighted by molar-refractivity contribution is 7.86. The van der Waals surface area contributed by atoms with Crippen molar-refractivity contribution < 1.29 is 32.1 Å². The number of amides is 3. The fourth-order valence-corrected chi connectivity index (χ4v) is 3.06. The lowest BCUT2D eigenvalue weighted by molar-refractivity contribution is -0.121. The second-order valence-corrected chi connectivity index (χ2v) is 5.82. The summed E-state index contributed by atoms with van der Waals surface area (Å²) < 4.78 is 32.5. The van der Waals surface area contributed by atoms with Crippen molar-refractivity contribution in [3.8, 4) is 0 Å². The quantitative estimate of drug-likeness (QED) is 0.429. The van der Waals surface area contributed by atoms with Crippen LogP contribution in [0.1, 0.15) is 33.6 Å². The number of anilines is 1. The Bertz CT molecular complexity index is 797. The zero-order valence-corrected chi connectivity index (χ0v) is 11.8. The molecular weight excluding hydrogens is 316 g/mol. The molecule has 0 spiro atoms. The van der Waals surface area contributed by atoms with Crippen molar-refractivity contribution in [3.63, 3.8) is 0 Å². The molecule has 0 saturated carbocycles. The number of primary amides is 1. The number of carbonyl (C=O) groups is 4. The predicted molar refractivity (Wildman–Crippen MR) is 71.9 cm³/mol. The Kier molecular flexibility index (Phi) is 3.81. The van der Waals surface area contributed by atoms with Crippen LogP contribution in [0.25, 0.3) is 0 Å². The summed E-state index contributed by atoms with van der Waals surface area (Å²) in [6, 6.07) is 1.96. The summed E-state index contributed by atoms with van der Waals surface area (Å²) in [6.45, 7) is 0. The van der Waals surface area contributed by atoms with Crippen molar-refractivity contribution in [2.45, 2.75) is 17.7 Å². The molecule has 3 N–H and O–H groups in total. The van der Waals surface area contributed by atoms with Crippen LogP contribution in [-0.2, 0) is 19.7 Å². The number of carbonyl (C=O) groups excluding carboxylic acids is 4. The van der Waals surface area contributed by atoms with E-state index < -0.39 is 49.5 Å². The number of hydrogen-bond donors (Lipinski definition) is 2. The Hall–Kier alpha value is -2.59. The topological polar surface area (TPSA) is 152 Å². The Morgan fingerprint density at radius 2 is 1.77 bits per heavy atom. The molecule has 1 saturated heterocycles. The maximum absolute atomic E-state index is 11.8. The molecule has 1 fully saturated rings. The zero-order valence-electron chi connectivity index (χ0n) is 11.0.